The standard InChI is InChI=1S/C12H24N4O/c1-16-6-2-4-10(16)8-14-12(13)15-9-11-5-3-7-17-11/h10-11H,2-9H2,1H3,(H3,13,14,15). The summed E-state index contributed by atoms with van der Waals surface area (Å²) >= 11 is 0. The summed E-state index contributed by atoms with van der Waals surface area (Å²) in [5.74, 6) is 0.556. The van der Waals surface area contributed by atoms with E-state index in [1.807, 2.05) is 0 Å². The first-order valence-electron chi connectivity index (χ1n) is 6.61. The van der Waals surface area contributed by atoms with Crippen LogP contribution in [0.1, 0.15) is 25.7 Å². The van der Waals surface area contributed by atoms with E-state index in [9.17, 15) is 0 Å². The highest BCUT2D eigenvalue weighted by Gasteiger charge is 2.20. The lowest BCUT2D eigenvalue weighted by atomic mass is 10.2. The molecule has 2 atom stereocenters. The van der Waals surface area contributed by atoms with E-state index in [1.54, 1.807) is 0 Å². The number of nitrogens with two attached hydrogens (primary N) is 1. The van der Waals surface area contributed by atoms with Crippen molar-refractivity contribution in [1.82, 2.24) is 10.2 Å². The molecule has 17 heavy (non-hydrogen) atoms. The van der Waals surface area contributed by atoms with Crippen LogP contribution in [-0.2, 0) is 4.74 Å². The fourth-order valence-electron chi connectivity index (χ4n) is 2.49. The van der Waals surface area contributed by atoms with Gasteiger partial charge in [-0.1, -0.05) is 0 Å². The molecule has 2 fully saturated rings. The smallest absolute Gasteiger partial charge is 0.188 e. The van der Waals surface area contributed by atoms with Gasteiger partial charge in [-0.2, -0.15) is 0 Å². The second kappa shape index (κ2) is 6.21. The predicted molar refractivity (Wildman–Crippen MR) is 69.1 cm³/mol. The normalized spacial score (nSPS) is 31.0. The largest absolute Gasteiger partial charge is 0.376 e. The molecule has 0 radical (unpaired) electrons. The highest BCUT2D eigenvalue weighted by Crippen LogP contribution is 2.14. The van der Waals surface area contributed by atoms with Gasteiger partial charge in [0, 0.05) is 19.2 Å². The monoisotopic (exact) mass is 240 g/mol. The Balaban J connectivity index is 1.65. The summed E-state index contributed by atoms with van der Waals surface area (Å²) in [6.07, 6.45) is 5.12. The van der Waals surface area contributed by atoms with Crippen molar-refractivity contribution in [3.63, 3.8) is 0 Å². The van der Waals surface area contributed by atoms with Crippen LogP contribution in [0.5, 0.6) is 0 Å². The van der Waals surface area contributed by atoms with E-state index in [2.05, 4.69) is 22.3 Å². The van der Waals surface area contributed by atoms with Gasteiger partial charge in [-0.25, -0.2) is 0 Å². The lowest BCUT2D eigenvalue weighted by molar-refractivity contribution is 0.114. The second-order valence-corrected chi connectivity index (χ2v) is 5.02. The van der Waals surface area contributed by atoms with Crippen molar-refractivity contribution in [2.45, 2.75) is 37.8 Å². The van der Waals surface area contributed by atoms with E-state index < -0.39 is 0 Å². The van der Waals surface area contributed by atoms with Crippen LogP contribution < -0.4 is 11.1 Å². The molecule has 0 aromatic rings. The highest BCUT2D eigenvalue weighted by atomic mass is 16.5. The van der Waals surface area contributed by atoms with Gasteiger partial charge in [0.1, 0.15) is 0 Å². The van der Waals surface area contributed by atoms with Gasteiger partial charge in [0.15, 0.2) is 5.96 Å². The van der Waals surface area contributed by atoms with Crippen LogP contribution in [0.3, 0.4) is 0 Å². The number of nitrogens with one attached hydrogen (secondary N) is 1. The number of rotatable bonds is 4. The number of guanidine groups is 1. The minimum atomic E-state index is 0.318. The molecule has 3 N–H and O–H groups in total. The molecule has 2 heterocycles. The zero-order valence-electron chi connectivity index (χ0n) is 10.7. The molecule has 0 aromatic heterocycles. The summed E-state index contributed by atoms with van der Waals surface area (Å²) in [5.41, 5.74) is 5.84. The third-order valence-electron chi connectivity index (χ3n) is 3.68. The Kier molecular flexibility index (Phi) is 4.62. The van der Waals surface area contributed by atoms with E-state index in [0.29, 0.717) is 18.1 Å². The number of ether oxygens (including phenoxy) is 1. The average molecular weight is 240 g/mol. The van der Waals surface area contributed by atoms with Gasteiger partial charge >= 0.3 is 0 Å². The van der Waals surface area contributed by atoms with Gasteiger partial charge in [0.25, 0.3) is 0 Å². The first-order valence-corrected chi connectivity index (χ1v) is 6.61. The highest BCUT2D eigenvalue weighted by molar-refractivity contribution is 5.77. The summed E-state index contributed by atoms with van der Waals surface area (Å²) in [5, 5.41) is 3.15. The number of hydrogen-bond acceptors (Lipinski definition) is 3. The van der Waals surface area contributed by atoms with Crippen LogP contribution in [0, 0.1) is 0 Å². The third-order valence-corrected chi connectivity index (χ3v) is 3.68. The molecule has 0 saturated carbocycles. The Morgan fingerprint density at radius 2 is 2.35 bits per heavy atom. The maximum Gasteiger partial charge on any atom is 0.188 e. The molecule has 98 valence electrons. The summed E-state index contributed by atoms with van der Waals surface area (Å²) < 4.78 is 5.52. The molecule has 5 heteroatoms. The Bertz CT molecular complexity index is 263. The van der Waals surface area contributed by atoms with Crippen LogP contribution in [-0.4, -0.2) is 56.3 Å². The number of hydrogen-bond donors (Lipinski definition) is 2. The molecule has 0 amide bonds. The van der Waals surface area contributed by atoms with Crippen molar-refractivity contribution >= 4 is 5.96 Å². The third kappa shape index (κ3) is 3.85. The predicted octanol–water partition coefficient (Wildman–Crippen LogP) is 0.164. The van der Waals surface area contributed by atoms with Crippen molar-refractivity contribution in [1.29, 1.82) is 0 Å². The minimum Gasteiger partial charge on any atom is -0.376 e. The summed E-state index contributed by atoms with van der Waals surface area (Å²) in [6, 6.07) is 0.568. The van der Waals surface area contributed by atoms with Crippen molar-refractivity contribution in [2.24, 2.45) is 10.7 Å². The lowest BCUT2D eigenvalue weighted by Crippen LogP contribution is -2.38. The Morgan fingerprint density at radius 1 is 1.47 bits per heavy atom. The maximum absolute atomic E-state index is 5.84. The van der Waals surface area contributed by atoms with E-state index in [1.165, 1.54) is 19.4 Å². The summed E-state index contributed by atoms with van der Waals surface area (Å²) in [6.45, 7) is 3.66. The molecule has 0 aliphatic carbocycles. The van der Waals surface area contributed by atoms with Gasteiger partial charge in [0.2, 0.25) is 0 Å². The van der Waals surface area contributed by atoms with Crippen molar-refractivity contribution in [3.8, 4) is 0 Å². The zero-order chi connectivity index (χ0) is 12.1. The van der Waals surface area contributed by atoms with Crippen LogP contribution in [0.15, 0.2) is 4.99 Å². The number of nitrogens with zero attached hydrogens (tertiary/aromatic N) is 2. The Labute approximate surface area is 103 Å². The van der Waals surface area contributed by atoms with Crippen molar-refractivity contribution in [3.05, 3.63) is 0 Å². The number of aliphatic imine (C=N–C) groups is 1. The maximum atomic E-state index is 5.84. The van der Waals surface area contributed by atoms with Crippen LogP contribution in [0.2, 0.25) is 0 Å². The summed E-state index contributed by atoms with van der Waals surface area (Å²) in [4.78, 5) is 6.76. The van der Waals surface area contributed by atoms with Gasteiger partial charge in [0.05, 0.1) is 12.6 Å². The molecular formula is C12H24N4O. The SMILES string of the molecule is CN1CCCC1CN=C(N)NCC1CCCO1. The quantitative estimate of drug-likeness (QED) is 0.543. The molecular weight excluding hydrogens is 216 g/mol. The average Bonchev–Trinajstić information content (AvgIpc) is 2.95. The second-order valence-electron chi connectivity index (χ2n) is 5.02. The molecule has 2 rings (SSSR count). The van der Waals surface area contributed by atoms with Crippen molar-refractivity contribution in [2.75, 3.05) is 33.3 Å². The van der Waals surface area contributed by atoms with Gasteiger partial charge < -0.3 is 20.7 Å². The van der Waals surface area contributed by atoms with E-state index in [4.69, 9.17) is 10.5 Å². The first-order chi connectivity index (χ1) is 8.25. The van der Waals surface area contributed by atoms with Gasteiger partial charge in [-0.05, 0) is 39.3 Å². The molecule has 0 aromatic carbocycles. The minimum absolute atomic E-state index is 0.318. The molecule has 2 unspecified atom stereocenters. The van der Waals surface area contributed by atoms with Crippen LogP contribution in [0.25, 0.3) is 0 Å². The van der Waals surface area contributed by atoms with Gasteiger partial charge in [-0.15, -0.1) is 0 Å². The molecule has 0 bridgehead atoms. The first kappa shape index (κ1) is 12.6. The lowest BCUT2D eigenvalue weighted by Gasteiger charge is -2.17. The molecule has 2 saturated heterocycles. The topological polar surface area (TPSA) is 62.9 Å². The molecule has 0 spiro atoms. The van der Waals surface area contributed by atoms with Crippen LogP contribution in [0.4, 0.5) is 0 Å². The fourth-order valence-corrected chi connectivity index (χ4v) is 2.49. The number of likely N-dealkylation sites (N-methyl/N-ethyl adjacent to an activating group) is 1. The zero-order valence-corrected chi connectivity index (χ0v) is 10.7. The van der Waals surface area contributed by atoms with E-state index >= 15 is 0 Å². The summed E-state index contributed by atoms with van der Waals surface area (Å²) in [7, 11) is 2.16. The van der Waals surface area contributed by atoms with E-state index in [-0.39, 0.29) is 0 Å². The molecule has 5 nitrogen and oxygen atoms in total. The van der Waals surface area contributed by atoms with Crippen LogP contribution >= 0.6 is 0 Å². The van der Waals surface area contributed by atoms with Crippen molar-refractivity contribution < 1.29 is 4.74 Å². The van der Waals surface area contributed by atoms with E-state index in [0.717, 1.165) is 32.5 Å². The Morgan fingerprint density at radius 3 is 3.00 bits per heavy atom. The number of likely N-dealkylation sites (tertiary alicyclic amines) is 1. The fraction of sp³-hybridized carbons (Fsp3) is 0.917. The molecule has 2 aliphatic rings. The molecule has 2 aliphatic heterocycles. The van der Waals surface area contributed by atoms with Gasteiger partial charge in [-0.3, -0.25) is 4.99 Å². The Hall–Kier alpha value is -0.810.